The van der Waals surface area contributed by atoms with E-state index in [9.17, 15) is 9.59 Å². The van der Waals surface area contributed by atoms with E-state index in [4.69, 9.17) is 17.2 Å². The molecule has 0 radical (unpaired) electrons. The molecule has 1 aromatic heterocycles. The number of primary amides is 2. The van der Waals surface area contributed by atoms with Gasteiger partial charge in [0.1, 0.15) is 5.00 Å². The maximum absolute atomic E-state index is 11.5. The molecule has 0 unspecified atom stereocenters. The molecule has 7 N–H and O–H groups in total. The normalized spacial score (nSPS) is 10.4. The lowest BCUT2D eigenvalue weighted by Gasteiger charge is -2.09. The molecule has 0 bridgehead atoms. The first-order valence-corrected chi connectivity index (χ1v) is 6.99. The van der Waals surface area contributed by atoms with Gasteiger partial charge in [-0.15, -0.1) is 11.3 Å². The monoisotopic (exact) mass is 304 g/mol. The summed E-state index contributed by atoms with van der Waals surface area (Å²) < 4.78 is 0. The van der Waals surface area contributed by atoms with Crippen LogP contribution < -0.4 is 22.5 Å². The number of carbonyl (C=O) groups is 2. The van der Waals surface area contributed by atoms with Gasteiger partial charge in [-0.05, 0) is 31.0 Å². The van der Waals surface area contributed by atoms with Crippen LogP contribution in [0.25, 0.3) is 10.4 Å². The summed E-state index contributed by atoms with van der Waals surface area (Å²) in [5.74, 6) is -0.636. The van der Waals surface area contributed by atoms with Crippen molar-refractivity contribution >= 4 is 34.0 Å². The third kappa shape index (κ3) is 2.82. The molecule has 1 heterocycles. The van der Waals surface area contributed by atoms with E-state index in [0.29, 0.717) is 10.7 Å². The lowest BCUT2D eigenvalue weighted by molar-refractivity contribution is 0.100. The first-order chi connectivity index (χ1) is 9.81. The molecule has 21 heavy (non-hydrogen) atoms. The van der Waals surface area contributed by atoms with E-state index in [1.54, 1.807) is 6.07 Å². The number of urea groups is 1. The third-order valence-corrected chi connectivity index (χ3v) is 4.37. The van der Waals surface area contributed by atoms with E-state index >= 15 is 0 Å². The zero-order valence-corrected chi connectivity index (χ0v) is 12.5. The fourth-order valence-corrected chi connectivity index (χ4v) is 3.07. The largest absolute Gasteiger partial charge is 0.398 e. The fourth-order valence-electron chi connectivity index (χ4n) is 1.96. The van der Waals surface area contributed by atoms with Crippen LogP contribution in [0.2, 0.25) is 0 Å². The van der Waals surface area contributed by atoms with Crippen LogP contribution in [-0.4, -0.2) is 11.9 Å². The summed E-state index contributed by atoms with van der Waals surface area (Å²) in [6.07, 6.45) is 0. The van der Waals surface area contributed by atoms with E-state index < -0.39 is 11.9 Å². The van der Waals surface area contributed by atoms with E-state index in [-0.39, 0.29) is 5.56 Å². The zero-order valence-electron chi connectivity index (χ0n) is 11.7. The minimum atomic E-state index is -0.751. The second-order valence-corrected chi connectivity index (χ2v) is 5.73. The highest BCUT2D eigenvalue weighted by Gasteiger charge is 2.17. The Kier molecular flexibility index (Phi) is 3.86. The molecule has 2 rings (SSSR count). The summed E-state index contributed by atoms with van der Waals surface area (Å²) in [7, 11) is 0. The van der Waals surface area contributed by atoms with Crippen molar-refractivity contribution in [1.82, 2.24) is 0 Å². The Morgan fingerprint density at radius 1 is 1.19 bits per heavy atom. The first-order valence-electron chi connectivity index (χ1n) is 6.17. The van der Waals surface area contributed by atoms with Crippen molar-refractivity contribution in [3.05, 3.63) is 34.9 Å². The Balaban J connectivity index is 2.58. The van der Waals surface area contributed by atoms with Crippen LogP contribution in [0.1, 0.15) is 21.5 Å². The lowest BCUT2D eigenvalue weighted by Crippen LogP contribution is -2.21. The van der Waals surface area contributed by atoms with E-state index in [0.717, 1.165) is 21.6 Å². The van der Waals surface area contributed by atoms with E-state index in [2.05, 4.69) is 5.32 Å². The Bertz CT molecular complexity index is 737. The summed E-state index contributed by atoms with van der Waals surface area (Å²) in [5, 5.41) is 2.73. The molecule has 3 amide bonds. The van der Waals surface area contributed by atoms with Crippen LogP contribution >= 0.6 is 11.3 Å². The molecule has 110 valence electrons. The summed E-state index contributed by atoms with van der Waals surface area (Å²) in [4.78, 5) is 23.2. The molecule has 0 aliphatic carbocycles. The van der Waals surface area contributed by atoms with Gasteiger partial charge in [0.2, 0.25) is 0 Å². The smallest absolute Gasteiger partial charge is 0.317 e. The van der Waals surface area contributed by atoms with Gasteiger partial charge in [-0.1, -0.05) is 12.1 Å². The molecular weight excluding hydrogens is 288 g/mol. The highest BCUT2D eigenvalue weighted by molar-refractivity contribution is 7.20. The van der Waals surface area contributed by atoms with E-state index in [1.807, 2.05) is 26.0 Å². The summed E-state index contributed by atoms with van der Waals surface area (Å²) in [6.45, 7) is 3.90. The Morgan fingerprint density at radius 3 is 2.43 bits per heavy atom. The van der Waals surface area contributed by atoms with Crippen molar-refractivity contribution in [3.63, 3.8) is 0 Å². The highest BCUT2D eigenvalue weighted by atomic mass is 32.1. The predicted octanol–water partition coefficient (Wildman–Crippen LogP) is 2.20. The molecule has 2 aromatic rings. The van der Waals surface area contributed by atoms with Gasteiger partial charge < -0.3 is 17.2 Å². The molecule has 6 nitrogen and oxygen atoms in total. The minimum Gasteiger partial charge on any atom is -0.398 e. The molecule has 1 aromatic carbocycles. The molecule has 0 aliphatic heterocycles. The van der Waals surface area contributed by atoms with Crippen LogP contribution in [0.3, 0.4) is 0 Å². The van der Waals surface area contributed by atoms with Crippen molar-refractivity contribution in [3.8, 4) is 10.4 Å². The summed E-state index contributed by atoms with van der Waals surface area (Å²) in [6, 6.07) is 4.69. The maximum atomic E-state index is 11.5. The average molecular weight is 304 g/mol. The quantitative estimate of drug-likeness (QED) is 0.650. The van der Waals surface area contributed by atoms with Gasteiger partial charge in [-0.3, -0.25) is 10.1 Å². The average Bonchev–Trinajstić information content (AvgIpc) is 2.79. The number of nitrogen functional groups attached to an aromatic ring is 1. The van der Waals surface area contributed by atoms with Crippen LogP contribution in [-0.2, 0) is 0 Å². The number of anilines is 2. The van der Waals surface area contributed by atoms with Gasteiger partial charge in [0, 0.05) is 16.1 Å². The lowest BCUT2D eigenvalue weighted by atomic mass is 10.0. The number of rotatable bonds is 3. The third-order valence-electron chi connectivity index (χ3n) is 3.29. The predicted molar refractivity (Wildman–Crippen MR) is 85.4 cm³/mol. The van der Waals surface area contributed by atoms with Crippen LogP contribution in [0, 0.1) is 13.8 Å². The molecule has 0 aliphatic rings. The SMILES string of the molecule is Cc1ccc(-c2cc(C(N)=O)c(NC(N)=O)s2)c(N)c1C. The number of nitrogens with two attached hydrogens (primary N) is 3. The van der Waals surface area contributed by atoms with Gasteiger partial charge >= 0.3 is 6.03 Å². The van der Waals surface area contributed by atoms with Gasteiger partial charge in [-0.25, -0.2) is 4.79 Å². The topological polar surface area (TPSA) is 124 Å². The summed E-state index contributed by atoms with van der Waals surface area (Å²) >= 11 is 1.21. The molecule has 0 saturated heterocycles. The number of aryl methyl sites for hydroxylation is 1. The Labute approximate surface area is 125 Å². The second kappa shape index (κ2) is 5.45. The van der Waals surface area contributed by atoms with Gasteiger partial charge in [-0.2, -0.15) is 0 Å². The standard InChI is InChI=1S/C14H16N4O2S/c1-6-3-4-8(11(15)7(6)2)10-5-9(12(16)19)13(21-10)18-14(17)20/h3-5H,15H2,1-2H3,(H2,16,19)(H3,17,18,20). The first kappa shape index (κ1) is 14.9. The van der Waals surface area contributed by atoms with Crippen LogP contribution in [0.4, 0.5) is 15.5 Å². The highest BCUT2D eigenvalue weighted by Crippen LogP contribution is 2.39. The van der Waals surface area contributed by atoms with Gasteiger partial charge in [0.05, 0.1) is 5.56 Å². The number of thiophene rings is 1. The number of carbonyl (C=O) groups excluding carboxylic acids is 2. The molecule has 0 atom stereocenters. The maximum Gasteiger partial charge on any atom is 0.317 e. The molecule has 0 spiro atoms. The number of hydrogen-bond acceptors (Lipinski definition) is 4. The fraction of sp³-hybridized carbons (Fsp3) is 0.143. The minimum absolute atomic E-state index is 0.214. The number of nitrogens with one attached hydrogen (secondary N) is 1. The van der Waals surface area contributed by atoms with Crippen molar-refractivity contribution in [1.29, 1.82) is 0 Å². The summed E-state index contributed by atoms with van der Waals surface area (Å²) in [5.41, 5.74) is 20.2. The van der Waals surface area contributed by atoms with Gasteiger partial charge in [0.15, 0.2) is 0 Å². The molecule has 0 fully saturated rings. The van der Waals surface area contributed by atoms with Crippen molar-refractivity contribution in [2.45, 2.75) is 13.8 Å². The van der Waals surface area contributed by atoms with Crippen molar-refractivity contribution in [2.24, 2.45) is 11.5 Å². The Morgan fingerprint density at radius 2 is 1.86 bits per heavy atom. The zero-order chi connectivity index (χ0) is 15.7. The van der Waals surface area contributed by atoms with E-state index in [1.165, 1.54) is 11.3 Å². The van der Waals surface area contributed by atoms with Crippen molar-refractivity contribution < 1.29 is 9.59 Å². The van der Waals surface area contributed by atoms with Gasteiger partial charge in [0.25, 0.3) is 5.91 Å². The van der Waals surface area contributed by atoms with Crippen LogP contribution in [0.5, 0.6) is 0 Å². The molecular formula is C14H16N4O2S. The molecule has 7 heteroatoms. The Hall–Kier alpha value is -2.54. The number of hydrogen-bond donors (Lipinski definition) is 4. The molecule has 0 saturated carbocycles. The van der Waals surface area contributed by atoms with Crippen molar-refractivity contribution in [2.75, 3.05) is 11.1 Å². The second-order valence-electron chi connectivity index (χ2n) is 4.68. The number of amides is 3. The number of benzene rings is 1. The van der Waals surface area contributed by atoms with Crippen LogP contribution in [0.15, 0.2) is 18.2 Å².